The van der Waals surface area contributed by atoms with Crippen LogP contribution in [-0.4, -0.2) is 6.03 Å². The van der Waals surface area contributed by atoms with Crippen LogP contribution in [0.4, 0.5) is 4.79 Å². The highest BCUT2D eigenvalue weighted by Crippen LogP contribution is 2.05. The van der Waals surface area contributed by atoms with Crippen molar-refractivity contribution in [1.82, 2.24) is 10.9 Å². The Morgan fingerprint density at radius 2 is 1.20 bits per heavy atom. The van der Waals surface area contributed by atoms with Crippen LogP contribution in [0.15, 0.2) is 0 Å². The number of amides is 2. The quantitative estimate of drug-likeness (QED) is 0.237. The van der Waals surface area contributed by atoms with Gasteiger partial charge in [-0.15, -0.1) is 0 Å². The van der Waals surface area contributed by atoms with Crippen LogP contribution in [0.1, 0.15) is 58.8 Å². The Kier molecular flexibility index (Phi) is 17.3. The minimum absolute atomic E-state index is 0.602. The molecule has 0 saturated carbocycles. The van der Waals surface area contributed by atoms with Crippen molar-refractivity contribution in [2.24, 2.45) is 11.7 Å². The number of carbonyl (C=O) groups is 1. The largest absolute Gasteiger partial charge is 0.343 e. The first-order valence-electron chi connectivity index (χ1n) is 5.70. The van der Waals surface area contributed by atoms with Crippen molar-refractivity contribution in [2.45, 2.75) is 58.8 Å². The van der Waals surface area contributed by atoms with Crippen molar-refractivity contribution in [2.75, 3.05) is 0 Å². The minimum atomic E-state index is -0.602. The monoisotopic (exact) mass is 218 g/mol. The second-order valence-corrected chi connectivity index (χ2v) is 3.39. The molecule has 5 nitrogen and oxygen atoms in total. The molecule has 0 aliphatic carbocycles. The van der Waals surface area contributed by atoms with Gasteiger partial charge in [-0.3, -0.25) is 10.9 Å². The molecule has 0 unspecified atom stereocenters. The van der Waals surface area contributed by atoms with Crippen LogP contribution < -0.4 is 22.5 Å². The fourth-order valence-electron chi connectivity index (χ4n) is 1.07. The van der Waals surface area contributed by atoms with Gasteiger partial charge in [0.15, 0.2) is 0 Å². The van der Waals surface area contributed by atoms with Crippen molar-refractivity contribution in [3.05, 3.63) is 0 Å². The molecule has 0 radical (unpaired) electrons. The average molecular weight is 218 g/mol. The van der Waals surface area contributed by atoms with Gasteiger partial charge in [-0.25, -0.2) is 16.5 Å². The molecule has 0 heterocycles. The molecule has 0 bridgehead atoms. The van der Waals surface area contributed by atoms with E-state index < -0.39 is 6.03 Å². The van der Waals surface area contributed by atoms with Gasteiger partial charge in [0.05, 0.1) is 0 Å². The molecule has 0 aliphatic rings. The van der Waals surface area contributed by atoms with E-state index in [0.29, 0.717) is 0 Å². The van der Waals surface area contributed by atoms with E-state index in [1.165, 1.54) is 44.9 Å². The first-order valence-corrected chi connectivity index (χ1v) is 5.70. The van der Waals surface area contributed by atoms with E-state index in [4.69, 9.17) is 0 Å². The second-order valence-electron chi connectivity index (χ2n) is 3.39. The van der Waals surface area contributed by atoms with E-state index in [2.05, 4.69) is 25.5 Å². The zero-order valence-electron chi connectivity index (χ0n) is 10.0. The van der Waals surface area contributed by atoms with Crippen molar-refractivity contribution in [1.29, 1.82) is 0 Å². The van der Waals surface area contributed by atoms with E-state index in [1.54, 1.807) is 10.9 Å². The molecular formula is C10H26N4O. The van der Waals surface area contributed by atoms with Gasteiger partial charge in [-0.2, -0.15) is 0 Å². The second kappa shape index (κ2) is 15.7. The molecule has 92 valence electrons. The van der Waals surface area contributed by atoms with Crippen LogP contribution in [-0.2, 0) is 0 Å². The Hall–Kier alpha value is -0.810. The number of hydrogen-bond donors (Lipinski definition) is 4. The summed E-state index contributed by atoms with van der Waals surface area (Å²) >= 11 is 0. The lowest BCUT2D eigenvalue weighted by Crippen LogP contribution is -2.43. The van der Waals surface area contributed by atoms with Crippen LogP contribution >= 0.6 is 0 Å². The highest BCUT2D eigenvalue weighted by molar-refractivity contribution is 5.72. The Balaban J connectivity index is 0. The zero-order valence-corrected chi connectivity index (χ0v) is 10.0. The maximum absolute atomic E-state index is 9.71. The Labute approximate surface area is 92.9 Å². The van der Waals surface area contributed by atoms with Gasteiger partial charge < -0.3 is 0 Å². The maximum atomic E-state index is 9.71. The summed E-state index contributed by atoms with van der Waals surface area (Å²) in [6.07, 6.45) is 9.97. The van der Waals surface area contributed by atoms with Crippen LogP contribution in [0, 0.1) is 0 Å². The summed E-state index contributed by atoms with van der Waals surface area (Å²) in [5, 5.41) is 0. The summed E-state index contributed by atoms with van der Waals surface area (Å²) in [6, 6.07) is -0.602. The molecule has 2 amide bonds. The average Bonchev–Trinajstić information content (AvgIpc) is 2.29. The molecule has 0 aromatic heterocycles. The van der Waals surface area contributed by atoms with Gasteiger partial charge in [0.25, 0.3) is 0 Å². The SMILES string of the molecule is CCCCCCCCC.NNC(=O)NN. The molecule has 0 fully saturated rings. The van der Waals surface area contributed by atoms with Gasteiger partial charge in [0.1, 0.15) is 0 Å². The molecular weight excluding hydrogens is 192 g/mol. The van der Waals surface area contributed by atoms with Crippen LogP contribution in [0.25, 0.3) is 0 Å². The van der Waals surface area contributed by atoms with Gasteiger partial charge in [0, 0.05) is 0 Å². The number of carbonyl (C=O) groups excluding carboxylic acids is 1. The number of hydrazine groups is 2. The Morgan fingerprint density at radius 1 is 0.867 bits per heavy atom. The third kappa shape index (κ3) is 19.6. The number of unbranched alkanes of at least 4 members (excludes halogenated alkanes) is 6. The normalized spacial score (nSPS) is 8.80. The molecule has 0 rings (SSSR count). The molecule has 5 heteroatoms. The summed E-state index contributed by atoms with van der Waals surface area (Å²) in [5.74, 6) is 9.08. The third-order valence-corrected chi connectivity index (χ3v) is 1.97. The predicted molar refractivity (Wildman–Crippen MR) is 63.7 cm³/mol. The van der Waals surface area contributed by atoms with Gasteiger partial charge in [-0.05, 0) is 0 Å². The topological polar surface area (TPSA) is 93.2 Å². The smallest absolute Gasteiger partial charge is 0.275 e. The van der Waals surface area contributed by atoms with E-state index in [0.717, 1.165) is 0 Å². The van der Waals surface area contributed by atoms with Gasteiger partial charge in [0.2, 0.25) is 0 Å². The number of hydrogen-bond acceptors (Lipinski definition) is 3. The van der Waals surface area contributed by atoms with E-state index in [-0.39, 0.29) is 0 Å². The Morgan fingerprint density at radius 3 is 1.40 bits per heavy atom. The summed E-state index contributed by atoms with van der Waals surface area (Å²) in [6.45, 7) is 4.53. The molecule has 6 N–H and O–H groups in total. The first-order chi connectivity index (χ1) is 7.22. The molecule has 0 aromatic carbocycles. The Bertz CT molecular complexity index is 119. The number of rotatable bonds is 6. The van der Waals surface area contributed by atoms with Crippen LogP contribution in [0.5, 0.6) is 0 Å². The fourth-order valence-corrected chi connectivity index (χ4v) is 1.07. The predicted octanol–water partition coefficient (Wildman–Crippen LogP) is 1.79. The fraction of sp³-hybridized carbons (Fsp3) is 0.900. The minimum Gasteiger partial charge on any atom is -0.275 e. The van der Waals surface area contributed by atoms with E-state index in [1.807, 2.05) is 0 Å². The van der Waals surface area contributed by atoms with Gasteiger partial charge in [-0.1, -0.05) is 58.8 Å². The molecule has 0 aliphatic heterocycles. The molecule has 15 heavy (non-hydrogen) atoms. The van der Waals surface area contributed by atoms with Crippen molar-refractivity contribution >= 4 is 6.03 Å². The number of nitrogens with one attached hydrogen (secondary N) is 2. The highest BCUT2D eigenvalue weighted by atomic mass is 16.2. The first kappa shape index (κ1) is 16.6. The summed E-state index contributed by atoms with van der Waals surface area (Å²) in [7, 11) is 0. The lowest BCUT2D eigenvalue weighted by molar-refractivity contribution is 0.241. The molecule has 0 aromatic rings. The third-order valence-electron chi connectivity index (χ3n) is 1.97. The van der Waals surface area contributed by atoms with Crippen LogP contribution in [0.2, 0.25) is 0 Å². The summed E-state index contributed by atoms with van der Waals surface area (Å²) < 4.78 is 0. The molecule has 0 spiro atoms. The highest BCUT2D eigenvalue weighted by Gasteiger charge is 1.85. The van der Waals surface area contributed by atoms with Gasteiger partial charge >= 0.3 is 6.03 Å². The standard InChI is InChI=1S/C9H20.CH6N4O/c1-3-5-7-9-8-6-4-2;2-4-1(6)5-3/h3-9H2,1-2H3;2-3H2,(H2,4,5,6). The van der Waals surface area contributed by atoms with Crippen molar-refractivity contribution in [3.63, 3.8) is 0 Å². The van der Waals surface area contributed by atoms with Crippen molar-refractivity contribution in [3.8, 4) is 0 Å². The molecule has 0 saturated heterocycles. The summed E-state index contributed by atoms with van der Waals surface area (Å²) in [5.41, 5.74) is 3.48. The van der Waals surface area contributed by atoms with Crippen molar-refractivity contribution < 1.29 is 4.79 Å². The van der Waals surface area contributed by atoms with E-state index >= 15 is 0 Å². The number of urea groups is 1. The zero-order chi connectivity index (χ0) is 11.9. The lowest BCUT2D eigenvalue weighted by Gasteiger charge is -1.96. The van der Waals surface area contributed by atoms with Crippen LogP contribution in [0.3, 0.4) is 0 Å². The van der Waals surface area contributed by atoms with E-state index in [9.17, 15) is 4.79 Å². The number of nitrogens with two attached hydrogens (primary N) is 2. The maximum Gasteiger partial charge on any atom is 0.343 e. The lowest BCUT2D eigenvalue weighted by atomic mass is 10.1. The summed E-state index contributed by atoms with van der Waals surface area (Å²) in [4.78, 5) is 9.71. The molecule has 0 atom stereocenters.